The van der Waals surface area contributed by atoms with Gasteiger partial charge in [0.1, 0.15) is 63.3 Å². The van der Waals surface area contributed by atoms with Crippen LogP contribution in [0.1, 0.15) is 221 Å². The summed E-state index contributed by atoms with van der Waals surface area (Å²) in [5, 5.41) is 12.3. The van der Waals surface area contributed by atoms with Crippen LogP contribution in [0.3, 0.4) is 0 Å². The van der Waals surface area contributed by atoms with Gasteiger partial charge in [-0.1, -0.05) is 82.2 Å². The molecule has 4 aromatic heterocycles. The number of nitrogens with zero attached hydrogens (tertiary/aromatic N) is 11. The number of halogens is 3. The maximum absolute atomic E-state index is 12.9. The summed E-state index contributed by atoms with van der Waals surface area (Å²) in [6.45, 7) is 27.6. The standard InChI is InChI=1S/C25H36N4O6.C25H32N4O6.C20H28N4O4.C13H12BrN3O3.C12H21NO3.C4H8O.C2H6.CH3I.ClH.H3N.HOP/c2*1-25(2,3)35-24(33)27(4)13-7-15-34-14-6-8-17-9-10-18-20(16-17)28(5)23(32)29(18)19-11-12-21(30)26-22(19)31;1-21-10-4-12-28-11-3-5-14-6-7-15-17(13-14)23(2)20(27)24(15)16-8-9-18(25)22-19(16)26;1-16-10-6-7(14)2-3-8(10)17(13(16)20)9-4-5-11(18)15-12(9)19;1-6-9-15-10-7-8-13(5)11(14)16-12(2,3)4;1-2-4-5-3-1;2*1-2;;;1-2/h9-10,16,19H,6-8,11-15H2,1-5H3,(H,26,30,31);9-10,16,19H,7,11-15H2,1-5H3,(H,26,30,31);6-7,13,16,21H,3-5,8-12H2,1-2H3,(H,22,25,26);2-3,6,9H,4-5H2,1H3,(H,15,18,19);1H,7-10H2,2-5H3;1-4H2;1-2H3;1H3;1H;1H3;2H/i;;;;;;1D;;;;. The number of aromatic nitrogens is 8. The summed E-state index contributed by atoms with van der Waals surface area (Å²) in [7, 11) is 15.5. The van der Waals surface area contributed by atoms with E-state index >= 15 is 0 Å². The van der Waals surface area contributed by atoms with Gasteiger partial charge in [-0.25, -0.2) is 33.6 Å². The van der Waals surface area contributed by atoms with Gasteiger partial charge in [-0.2, -0.15) is 0 Å². The van der Waals surface area contributed by atoms with Crippen LogP contribution in [0.15, 0.2) is 96.4 Å². The van der Waals surface area contributed by atoms with E-state index in [1.807, 2.05) is 123 Å². The zero-order valence-electron chi connectivity index (χ0n) is 89.2. The molecule has 9 heterocycles. The van der Waals surface area contributed by atoms with E-state index in [1.165, 1.54) is 50.0 Å². The molecule has 11 amide bonds. The molecular formula is C102H151BrClIN17O24P. The molecule has 13 rings (SSSR count). The number of hydrogen-bond acceptors (Lipinski definition) is 26. The maximum atomic E-state index is 12.9. The van der Waals surface area contributed by atoms with Crippen molar-refractivity contribution in [1.82, 2.24) is 84.0 Å². The van der Waals surface area contributed by atoms with Gasteiger partial charge in [0.25, 0.3) is 0 Å². The van der Waals surface area contributed by atoms with E-state index in [0.29, 0.717) is 125 Å². The van der Waals surface area contributed by atoms with Crippen molar-refractivity contribution in [2.45, 2.75) is 233 Å². The molecule has 5 aliphatic rings. The lowest BCUT2D eigenvalue weighted by atomic mass is 10.1. The molecule has 0 saturated carbocycles. The number of imidazole rings is 4. The first-order valence-corrected chi connectivity index (χ1v) is 51.6. The van der Waals surface area contributed by atoms with E-state index < -0.39 is 64.6 Å². The van der Waals surface area contributed by atoms with Gasteiger partial charge in [-0.3, -0.25) is 101 Å². The zero-order valence-corrected chi connectivity index (χ0v) is 93.8. The first kappa shape index (κ1) is 128. The molecule has 8 N–H and O–H groups in total. The normalized spacial score (nSPS) is 15.8. The molecule has 5 aliphatic heterocycles. The number of carbonyl (C=O) groups is 11. The van der Waals surface area contributed by atoms with E-state index in [-0.39, 0.29) is 122 Å². The fraction of sp³-hybridized carbons (Fsp3) is 0.578. The third-order valence-corrected chi connectivity index (χ3v) is 23.1. The molecule has 147 heavy (non-hydrogen) atoms. The van der Waals surface area contributed by atoms with E-state index in [0.717, 1.165) is 103 Å². The first-order valence-electron chi connectivity index (χ1n) is 48.9. The van der Waals surface area contributed by atoms with Crippen LogP contribution in [0.25, 0.3) is 44.1 Å². The highest BCUT2D eigenvalue weighted by Gasteiger charge is 2.37. The number of aryl methyl sites for hydroxylation is 6. The maximum Gasteiger partial charge on any atom is 0.410 e. The van der Waals surface area contributed by atoms with Gasteiger partial charge in [0.15, 0.2) is 0 Å². The van der Waals surface area contributed by atoms with Gasteiger partial charge in [0.05, 0.1) is 44.1 Å². The van der Waals surface area contributed by atoms with Crippen molar-refractivity contribution in [3.05, 3.63) is 136 Å². The molecular weight excluding hydrogens is 2120 g/mol. The Kier molecular flexibility index (Phi) is 56.5. The second-order valence-corrected chi connectivity index (χ2v) is 38.2. The number of amides is 11. The summed E-state index contributed by atoms with van der Waals surface area (Å²) < 4.78 is 69.8. The molecule has 45 heteroatoms. The highest BCUT2D eigenvalue weighted by atomic mass is 127. The second-order valence-electron chi connectivity index (χ2n) is 37.3. The Morgan fingerprint density at radius 1 is 0.469 bits per heavy atom. The lowest BCUT2D eigenvalue weighted by Crippen LogP contribution is -2.44. The van der Waals surface area contributed by atoms with E-state index in [4.69, 9.17) is 50.3 Å². The van der Waals surface area contributed by atoms with Crippen molar-refractivity contribution in [2.24, 2.45) is 28.2 Å². The average molecular weight is 2270 g/mol. The lowest BCUT2D eigenvalue weighted by molar-refractivity contribution is -0.137. The van der Waals surface area contributed by atoms with Crippen LogP contribution in [0.5, 0.6) is 0 Å². The van der Waals surface area contributed by atoms with Crippen molar-refractivity contribution >= 4 is 170 Å². The Morgan fingerprint density at radius 2 is 0.762 bits per heavy atom. The number of benzene rings is 4. The van der Waals surface area contributed by atoms with Crippen LogP contribution < -0.4 is 55.5 Å². The molecule has 0 spiro atoms. The Hall–Kier alpha value is -11.2. The van der Waals surface area contributed by atoms with Crippen molar-refractivity contribution in [3.8, 4) is 24.2 Å². The van der Waals surface area contributed by atoms with Crippen LogP contribution in [0, 0.1) is 24.2 Å². The predicted octanol–water partition coefficient (Wildman–Crippen LogP) is 12.2. The SMILES string of the molecule is C#CCOCCCN(C)C(=O)OC(C)(C)C.C1CCOC1.CI.CN(CCCOCC#Cc1ccc2c(c1)n(C)c(=O)n2C1CCC(=O)NC1=O)C(=O)OC(C)(C)C.CN(CCCOCCCc1ccc2c(c1)n(C)c(=O)n2C1CCC(=O)NC1=O)C(=O)OC(C)(C)C.CNCCCOCCCc1ccc2c(c1)n(C)c(=O)n2C1CCC(=O)NC1=O.Cl.Cn1c(=O)n(C2CCC(=O)NC2=O)c2ccc(Br)cc21.N.O=P.[2H]CC. The topological polar surface area (TPSA) is 491 Å². The van der Waals surface area contributed by atoms with E-state index in [2.05, 4.69) is 82.9 Å². The minimum atomic E-state index is -0.719. The van der Waals surface area contributed by atoms with E-state index in [1.54, 1.807) is 104 Å². The van der Waals surface area contributed by atoms with Crippen LogP contribution in [-0.4, -0.2) is 259 Å². The van der Waals surface area contributed by atoms with E-state index in [9.17, 15) is 71.9 Å². The summed E-state index contributed by atoms with van der Waals surface area (Å²) in [6, 6.07) is 19.8. The number of nitrogens with one attached hydrogen (secondary N) is 5. The smallest absolute Gasteiger partial charge is 0.410 e. The Morgan fingerprint density at radius 3 is 1.07 bits per heavy atom. The molecule has 8 aromatic rings. The lowest BCUT2D eigenvalue weighted by Gasteiger charge is -2.24. The summed E-state index contributed by atoms with van der Waals surface area (Å²) in [5.41, 5.74) is 5.97. The number of terminal acetylenes is 1. The minimum Gasteiger partial charge on any atom is -0.444 e. The molecule has 4 aromatic carbocycles. The van der Waals surface area contributed by atoms with Gasteiger partial charge in [-0.05, 0) is 243 Å². The van der Waals surface area contributed by atoms with Crippen molar-refractivity contribution < 1.29 is 96.6 Å². The molecule has 814 valence electrons. The Balaban J connectivity index is 0.000000470. The molecule has 0 bridgehead atoms. The van der Waals surface area contributed by atoms with Gasteiger partial charge in [-0.15, -0.1) is 18.8 Å². The summed E-state index contributed by atoms with van der Waals surface area (Å²) in [6.07, 6.45) is 15.2. The number of fused-ring (bicyclic) bond motifs is 4. The number of ether oxygens (including phenoxy) is 8. The van der Waals surface area contributed by atoms with Crippen LogP contribution >= 0.6 is 60.0 Å². The molecule has 4 atom stereocenters. The Labute approximate surface area is 890 Å². The molecule has 41 nitrogen and oxygen atoms in total. The number of carbonyl (C=O) groups excluding carboxylic acids is 11. The number of piperidine rings is 4. The minimum absolute atomic E-state index is 0. The summed E-state index contributed by atoms with van der Waals surface area (Å²) >= 11 is 5.52. The molecule has 5 fully saturated rings. The number of alkyl halides is 1. The molecule has 0 radical (unpaired) electrons. The highest BCUT2D eigenvalue weighted by molar-refractivity contribution is 14.1. The fourth-order valence-electron chi connectivity index (χ4n) is 15.5. The average Bonchev–Trinajstić information content (AvgIpc) is 1.63. The quantitative estimate of drug-likeness (QED) is 0.00463. The van der Waals surface area contributed by atoms with Gasteiger partial charge in [0.2, 0.25) is 47.3 Å². The molecule has 0 aliphatic carbocycles. The van der Waals surface area contributed by atoms with Gasteiger partial charge in [0, 0.05) is 159 Å². The largest absolute Gasteiger partial charge is 0.444 e. The molecule has 4 unspecified atom stereocenters. The third-order valence-electron chi connectivity index (χ3n) is 22.6. The number of rotatable bonds is 30. The molecule has 5 saturated heterocycles. The highest BCUT2D eigenvalue weighted by Crippen LogP contribution is 2.30. The van der Waals surface area contributed by atoms with Crippen LogP contribution in [0.4, 0.5) is 14.4 Å². The number of imide groups is 4. The third kappa shape index (κ3) is 41.0. The van der Waals surface area contributed by atoms with Crippen LogP contribution in [0.2, 0.25) is 0 Å². The second kappa shape index (κ2) is 64.9. The summed E-state index contributed by atoms with van der Waals surface area (Å²) in [4.78, 5) is 187. The van der Waals surface area contributed by atoms with Crippen LogP contribution in [-0.2, 0) is 122 Å². The summed E-state index contributed by atoms with van der Waals surface area (Å²) in [5.74, 6) is 5.42. The fourth-order valence-corrected chi connectivity index (χ4v) is 15.9. The predicted molar refractivity (Wildman–Crippen MR) is 579 cm³/mol. The van der Waals surface area contributed by atoms with Crippen molar-refractivity contribution in [3.63, 3.8) is 0 Å². The Bertz CT molecular complexity index is 6100. The number of hydrogen-bond donors (Lipinski definition) is 6. The monoisotopic (exact) mass is 2270 g/mol. The van der Waals surface area contributed by atoms with Gasteiger partial charge >= 0.3 is 41.0 Å². The first-order chi connectivity index (χ1) is 69.2. The zero-order chi connectivity index (χ0) is 109. The van der Waals surface area contributed by atoms with Crippen molar-refractivity contribution in [2.75, 3.05) is 125 Å². The van der Waals surface area contributed by atoms with Gasteiger partial charge < -0.3 is 64.1 Å². The van der Waals surface area contributed by atoms with Crippen molar-refractivity contribution in [1.29, 1.82) is 0 Å².